The van der Waals surface area contributed by atoms with Gasteiger partial charge in [-0.25, -0.2) is 0 Å². The molecule has 0 radical (unpaired) electrons. The Labute approximate surface area is 194 Å². The Morgan fingerprint density at radius 1 is 0.941 bits per heavy atom. The highest BCUT2D eigenvalue weighted by Gasteiger charge is 2.60. The van der Waals surface area contributed by atoms with Crippen LogP contribution in [0.3, 0.4) is 0 Å². The molecule has 4 atom stereocenters. The van der Waals surface area contributed by atoms with Gasteiger partial charge >= 0.3 is 11.9 Å². The van der Waals surface area contributed by atoms with Crippen LogP contribution in [0.2, 0.25) is 0 Å². The maximum atomic E-state index is 13.6. The molecule has 2 aliphatic heterocycles. The molecule has 34 heavy (non-hydrogen) atoms. The third-order valence-electron chi connectivity index (χ3n) is 6.33. The number of nitrogens with zero attached hydrogens (tertiary/aromatic N) is 2. The van der Waals surface area contributed by atoms with E-state index in [9.17, 15) is 24.5 Å². The Morgan fingerprint density at radius 3 is 2.18 bits per heavy atom. The van der Waals surface area contributed by atoms with Gasteiger partial charge in [-0.15, -0.1) is 0 Å². The number of ether oxygens (including phenoxy) is 3. The fourth-order valence-electron chi connectivity index (χ4n) is 4.93. The number of benzene rings is 2. The van der Waals surface area contributed by atoms with E-state index in [4.69, 9.17) is 14.2 Å². The number of esters is 2. The summed E-state index contributed by atoms with van der Waals surface area (Å²) in [6.07, 6.45) is 3.14. The molecule has 0 bridgehead atoms. The molecule has 0 aliphatic carbocycles. The van der Waals surface area contributed by atoms with E-state index in [-0.39, 0.29) is 11.3 Å². The molecule has 0 saturated carbocycles. The van der Waals surface area contributed by atoms with Gasteiger partial charge in [0.2, 0.25) is 0 Å². The average Bonchev–Trinajstić information content (AvgIpc) is 3.22. The Balaban J connectivity index is 1.99. The number of carbonyl (C=O) groups is 3. The lowest BCUT2D eigenvalue weighted by Crippen LogP contribution is -2.42. The highest BCUT2D eigenvalue weighted by atomic mass is 16.6. The molecule has 1 saturated heterocycles. The van der Waals surface area contributed by atoms with Gasteiger partial charge in [-0.2, -0.15) is 0 Å². The summed E-state index contributed by atoms with van der Waals surface area (Å²) in [4.78, 5) is 52.6. The van der Waals surface area contributed by atoms with Crippen LogP contribution in [0.15, 0.2) is 48.7 Å². The smallest absolute Gasteiger partial charge is 0.312 e. The van der Waals surface area contributed by atoms with Crippen molar-refractivity contribution in [1.29, 1.82) is 0 Å². The van der Waals surface area contributed by atoms with Gasteiger partial charge in [-0.3, -0.25) is 24.5 Å². The van der Waals surface area contributed by atoms with Crippen LogP contribution in [-0.4, -0.2) is 54.9 Å². The van der Waals surface area contributed by atoms with Crippen LogP contribution >= 0.6 is 0 Å². The second-order valence-electron chi connectivity index (χ2n) is 7.85. The van der Waals surface area contributed by atoms with Crippen molar-refractivity contribution in [3.63, 3.8) is 0 Å². The van der Waals surface area contributed by atoms with E-state index in [1.807, 2.05) is 0 Å². The summed E-state index contributed by atoms with van der Waals surface area (Å²) in [6, 6.07) is 8.86. The number of Topliss-reactive ketones (excluding diaryl/α,β-unsaturated/α-hetero) is 1. The lowest BCUT2D eigenvalue weighted by molar-refractivity contribution is -0.386. The summed E-state index contributed by atoms with van der Waals surface area (Å²) in [5.41, 5.74) is 0.619. The Morgan fingerprint density at radius 2 is 1.59 bits per heavy atom. The molecule has 2 aliphatic rings. The first-order chi connectivity index (χ1) is 16.3. The van der Waals surface area contributed by atoms with E-state index in [0.29, 0.717) is 16.9 Å². The molecule has 4 unspecified atom stereocenters. The second kappa shape index (κ2) is 8.97. The third-order valence-corrected chi connectivity index (χ3v) is 6.33. The van der Waals surface area contributed by atoms with E-state index in [1.165, 1.54) is 24.1 Å². The molecule has 2 aromatic carbocycles. The summed E-state index contributed by atoms with van der Waals surface area (Å²) in [5, 5.41) is 12.0. The number of ketones is 1. The number of carbonyl (C=O) groups excluding carboxylic acids is 3. The first kappa shape index (κ1) is 23.0. The minimum Gasteiger partial charge on any atom is -0.496 e. The SMILES string of the molecule is COC(=O)C1C(C(=O)OC)C2c3c([N+](=O)[O-])ccc(OC)c3C=CN2C1C(=O)c1ccccc1. The minimum atomic E-state index is -1.27. The first-order valence-corrected chi connectivity index (χ1v) is 10.4. The summed E-state index contributed by atoms with van der Waals surface area (Å²) in [5.74, 6) is -4.16. The molecule has 2 aromatic rings. The highest BCUT2D eigenvalue weighted by molar-refractivity contribution is 6.04. The number of nitro benzene ring substituents is 1. The Hall–Kier alpha value is -4.21. The van der Waals surface area contributed by atoms with Crippen LogP contribution in [0.5, 0.6) is 5.75 Å². The lowest BCUT2D eigenvalue weighted by atomic mass is 9.81. The number of methoxy groups -OCH3 is 3. The van der Waals surface area contributed by atoms with E-state index < -0.39 is 46.6 Å². The van der Waals surface area contributed by atoms with Gasteiger partial charge in [-0.05, 0) is 12.1 Å². The minimum absolute atomic E-state index is 0.166. The zero-order valence-electron chi connectivity index (χ0n) is 18.7. The molecule has 4 rings (SSSR count). The molecular formula is C24H22N2O8. The third kappa shape index (κ3) is 3.47. The van der Waals surface area contributed by atoms with Crippen molar-refractivity contribution in [3.8, 4) is 5.75 Å². The van der Waals surface area contributed by atoms with Crippen molar-refractivity contribution in [2.24, 2.45) is 11.8 Å². The van der Waals surface area contributed by atoms with Crippen molar-refractivity contribution >= 4 is 29.5 Å². The molecule has 0 amide bonds. The topological polar surface area (TPSA) is 125 Å². The van der Waals surface area contributed by atoms with E-state index in [2.05, 4.69) is 0 Å². The van der Waals surface area contributed by atoms with Crippen molar-refractivity contribution in [2.45, 2.75) is 12.1 Å². The maximum Gasteiger partial charge on any atom is 0.312 e. The predicted octanol–water partition coefficient (Wildman–Crippen LogP) is 2.77. The van der Waals surface area contributed by atoms with Crippen molar-refractivity contribution in [3.05, 3.63) is 75.5 Å². The fraction of sp³-hybridized carbons (Fsp3) is 0.292. The second-order valence-corrected chi connectivity index (χ2v) is 7.85. The zero-order chi connectivity index (χ0) is 24.6. The van der Waals surface area contributed by atoms with E-state index >= 15 is 0 Å². The quantitative estimate of drug-likeness (QED) is 0.273. The van der Waals surface area contributed by atoms with Gasteiger partial charge in [0, 0.05) is 23.4 Å². The molecule has 10 nitrogen and oxygen atoms in total. The van der Waals surface area contributed by atoms with Gasteiger partial charge in [0.05, 0.1) is 43.8 Å². The fourth-order valence-corrected chi connectivity index (χ4v) is 4.93. The summed E-state index contributed by atoms with van der Waals surface area (Å²) < 4.78 is 15.4. The molecule has 2 heterocycles. The number of hydrogen-bond donors (Lipinski definition) is 0. The van der Waals surface area contributed by atoms with Crippen LogP contribution in [0.4, 0.5) is 5.69 Å². The number of hydrogen-bond acceptors (Lipinski definition) is 9. The molecule has 176 valence electrons. The standard InChI is InChI=1S/C24H22N2O8/c1-32-16-10-9-15(26(30)31)17-14(16)11-12-25-20(17)18(23(28)33-2)19(24(29)34-3)21(25)22(27)13-7-5-4-6-8-13/h4-12,18-21H,1-3H3. The van der Waals surface area contributed by atoms with E-state index in [1.54, 1.807) is 42.6 Å². The summed E-state index contributed by atoms with van der Waals surface area (Å²) in [7, 11) is 3.74. The van der Waals surface area contributed by atoms with Crippen LogP contribution in [-0.2, 0) is 19.1 Å². The van der Waals surface area contributed by atoms with Gasteiger partial charge in [0.15, 0.2) is 5.78 Å². The first-order valence-electron chi connectivity index (χ1n) is 10.4. The van der Waals surface area contributed by atoms with Crippen molar-refractivity contribution in [1.82, 2.24) is 4.90 Å². The molecule has 0 N–H and O–H groups in total. The van der Waals surface area contributed by atoms with Crippen molar-refractivity contribution < 1.29 is 33.5 Å². The van der Waals surface area contributed by atoms with Crippen LogP contribution in [0, 0.1) is 22.0 Å². The van der Waals surface area contributed by atoms with Gasteiger partial charge in [0.1, 0.15) is 17.7 Å². The molecular weight excluding hydrogens is 444 g/mol. The van der Waals surface area contributed by atoms with E-state index in [0.717, 1.165) is 14.2 Å². The largest absolute Gasteiger partial charge is 0.496 e. The average molecular weight is 466 g/mol. The molecule has 10 heteroatoms. The normalized spacial score (nSPS) is 22.4. The monoisotopic (exact) mass is 466 g/mol. The number of fused-ring (bicyclic) bond motifs is 3. The summed E-state index contributed by atoms with van der Waals surface area (Å²) >= 11 is 0. The zero-order valence-corrected chi connectivity index (χ0v) is 18.7. The molecule has 0 aromatic heterocycles. The lowest BCUT2D eigenvalue weighted by Gasteiger charge is -2.33. The molecule has 1 fully saturated rings. The van der Waals surface area contributed by atoms with Gasteiger partial charge < -0.3 is 19.1 Å². The summed E-state index contributed by atoms with van der Waals surface area (Å²) in [6.45, 7) is 0. The number of nitro groups is 1. The molecule has 0 spiro atoms. The highest BCUT2D eigenvalue weighted by Crippen LogP contribution is 2.53. The Bertz CT molecular complexity index is 1190. The van der Waals surface area contributed by atoms with Crippen LogP contribution in [0.1, 0.15) is 27.5 Å². The van der Waals surface area contributed by atoms with Gasteiger partial charge in [0.25, 0.3) is 5.69 Å². The van der Waals surface area contributed by atoms with Crippen LogP contribution in [0.25, 0.3) is 6.08 Å². The maximum absolute atomic E-state index is 13.6. The Kier molecular flexibility index (Phi) is 6.06. The number of rotatable bonds is 6. The van der Waals surface area contributed by atoms with Crippen LogP contribution < -0.4 is 4.74 Å². The van der Waals surface area contributed by atoms with Crippen molar-refractivity contribution in [2.75, 3.05) is 21.3 Å². The van der Waals surface area contributed by atoms with Gasteiger partial charge in [-0.1, -0.05) is 30.3 Å². The predicted molar refractivity (Wildman–Crippen MR) is 119 cm³/mol.